The zero-order chi connectivity index (χ0) is 22.2. The molecular weight excluding hydrogens is 412 g/mol. The number of hydrogen-bond donors (Lipinski definition) is 2. The van der Waals surface area contributed by atoms with Crippen LogP contribution in [0.5, 0.6) is 5.75 Å². The van der Waals surface area contributed by atoms with Crippen molar-refractivity contribution in [3.05, 3.63) is 66.5 Å². The van der Waals surface area contributed by atoms with Crippen LogP contribution in [0, 0.1) is 5.92 Å². The van der Waals surface area contributed by atoms with Crippen molar-refractivity contribution in [3.63, 3.8) is 0 Å². The molecule has 0 radical (unpaired) electrons. The van der Waals surface area contributed by atoms with E-state index in [1.54, 1.807) is 37.6 Å². The minimum atomic E-state index is -0.214. The maximum Gasteiger partial charge on any atom is 0.253 e. The molecule has 1 heterocycles. The molecule has 0 saturated heterocycles. The fraction of sp³-hybridized carbons (Fsp3) is 0.261. The Balaban J connectivity index is 1.65. The predicted octanol–water partition coefficient (Wildman–Crippen LogP) is 4.00. The van der Waals surface area contributed by atoms with E-state index in [0.717, 1.165) is 11.4 Å². The van der Waals surface area contributed by atoms with Gasteiger partial charge in [-0.1, -0.05) is 43.8 Å². The van der Waals surface area contributed by atoms with Gasteiger partial charge in [-0.05, 0) is 30.2 Å². The zero-order valence-electron chi connectivity index (χ0n) is 17.8. The maximum absolute atomic E-state index is 12.6. The van der Waals surface area contributed by atoms with Gasteiger partial charge in [0.1, 0.15) is 5.75 Å². The van der Waals surface area contributed by atoms with Crippen LogP contribution >= 0.6 is 11.8 Å². The summed E-state index contributed by atoms with van der Waals surface area (Å²) < 4.78 is 7.18. The summed E-state index contributed by atoms with van der Waals surface area (Å²) in [5.74, 6) is 0.825. The number of imidazole rings is 1. The number of anilines is 1. The van der Waals surface area contributed by atoms with Gasteiger partial charge in [0, 0.05) is 25.0 Å². The van der Waals surface area contributed by atoms with Gasteiger partial charge in [-0.2, -0.15) is 0 Å². The van der Waals surface area contributed by atoms with Crippen molar-refractivity contribution in [1.82, 2.24) is 14.9 Å². The van der Waals surface area contributed by atoms with Crippen molar-refractivity contribution in [1.29, 1.82) is 0 Å². The molecule has 2 amide bonds. The van der Waals surface area contributed by atoms with Gasteiger partial charge in [-0.3, -0.25) is 14.2 Å². The standard InChI is InChI=1S/C23H26N4O3S/c1-16(2)14-25-22(29)19-9-4-5-10-20(19)26-21(28)15-31-23-24-11-12-27(23)17-7-6-8-18(13-17)30-3/h4-13,16H,14-15H2,1-3H3,(H,25,29)(H,26,28). The lowest BCUT2D eigenvalue weighted by Crippen LogP contribution is -2.28. The molecule has 0 unspecified atom stereocenters. The van der Waals surface area contributed by atoms with Crippen LogP contribution in [0.15, 0.2) is 66.1 Å². The molecule has 0 spiro atoms. The molecule has 3 aromatic rings. The number of rotatable bonds is 9. The van der Waals surface area contributed by atoms with Gasteiger partial charge in [-0.25, -0.2) is 4.98 Å². The minimum absolute atomic E-state index is 0.156. The summed E-state index contributed by atoms with van der Waals surface area (Å²) in [5.41, 5.74) is 1.83. The highest BCUT2D eigenvalue weighted by Gasteiger charge is 2.15. The van der Waals surface area contributed by atoms with E-state index in [0.29, 0.717) is 28.9 Å². The second kappa shape index (κ2) is 10.7. The van der Waals surface area contributed by atoms with Gasteiger partial charge >= 0.3 is 0 Å². The Labute approximate surface area is 186 Å². The quantitative estimate of drug-likeness (QED) is 0.493. The highest BCUT2D eigenvalue weighted by Crippen LogP contribution is 2.23. The molecule has 0 atom stereocenters. The fourth-order valence-electron chi connectivity index (χ4n) is 2.85. The monoisotopic (exact) mass is 438 g/mol. The molecule has 7 nitrogen and oxygen atoms in total. The Bertz CT molecular complexity index is 1050. The summed E-state index contributed by atoms with van der Waals surface area (Å²) in [6.45, 7) is 4.63. The molecule has 162 valence electrons. The van der Waals surface area contributed by atoms with Crippen molar-refractivity contribution in [2.45, 2.75) is 19.0 Å². The summed E-state index contributed by atoms with van der Waals surface area (Å²) in [6.07, 6.45) is 3.53. The smallest absolute Gasteiger partial charge is 0.253 e. The first-order valence-electron chi connectivity index (χ1n) is 9.95. The number of carbonyl (C=O) groups excluding carboxylic acids is 2. The topological polar surface area (TPSA) is 85.2 Å². The third-order valence-corrected chi connectivity index (χ3v) is 5.35. The molecule has 2 N–H and O–H groups in total. The highest BCUT2D eigenvalue weighted by atomic mass is 32.2. The lowest BCUT2D eigenvalue weighted by Gasteiger charge is -2.13. The number of nitrogens with zero attached hydrogens (tertiary/aromatic N) is 2. The predicted molar refractivity (Wildman–Crippen MR) is 123 cm³/mol. The van der Waals surface area contributed by atoms with Gasteiger partial charge in [0.15, 0.2) is 5.16 Å². The number of carbonyl (C=O) groups is 2. The molecule has 0 bridgehead atoms. The summed E-state index contributed by atoms with van der Waals surface area (Å²) >= 11 is 1.32. The average molecular weight is 439 g/mol. The maximum atomic E-state index is 12.6. The molecule has 0 aliphatic rings. The van der Waals surface area contributed by atoms with Crippen LogP contribution in [-0.2, 0) is 4.79 Å². The van der Waals surface area contributed by atoms with Crippen LogP contribution in [0.2, 0.25) is 0 Å². The van der Waals surface area contributed by atoms with Crippen LogP contribution in [-0.4, -0.2) is 40.8 Å². The van der Waals surface area contributed by atoms with E-state index >= 15 is 0 Å². The molecule has 0 aliphatic heterocycles. The lowest BCUT2D eigenvalue weighted by molar-refractivity contribution is -0.113. The van der Waals surface area contributed by atoms with Crippen molar-refractivity contribution in [2.24, 2.45) is 5.92 Å². The van der Waals surface area contributed by atoms with Gasteiger partial charge in [0.2, 0.25) is 5.91 Å². The largest absolute Gasteiger partial charge is 0.497 e. The average Bonchev–Trinajstić information content (AvgIpc) is 3.25. The second-order valence-corrected chi connectivity index (χ2v) is 8.21. The zero-order valence-corrected chi connectivity index (χ0v) is 18.6. The molecule has 0 aliphatic carbocycles. The van der Waals surface area contributed by atoms with Crippen molar-refractivity contribution >= 4 is 29.3 Å². The van der Waals surface area contributed by atoms with Gasteiger partial charge in [-0.15, -0.1) is 0 Å². The van der Waals surface area contributed by atoms with Crippen LogP contribution in [0.1, 0.15) is 24.2 Å². The summed E-state index contributed by atoms with van der Waals surface area (Å²) in [5, 5.41) is 6.41. The first-order chi connectivity index (χ1) is 15.0. The normalized spacial score (nSPS) is 10.7. The number of hydrogen-bond acceptors (Lipinski definition) is 5. The number of amides is 2. The molecule has 31 heavy (non-hydrogen) atoms. The van der Waals surface area contributed by atoms with Crippen molar-refractivity contribution < 1.29 is 14.3 Å². The number of nitrogens with one attached hydrogen (secondary N) is 2. The first-order valence-corrected chi connectivity index (χ1v) is 10.9. The van der Waals surface area contributed by atoms with Crippen LogP contribution in [0.3, 0.4) is 0 Å². The van der Waals surface area contributed by atoms with Crippen molar-refractivity contribution in [3.8, 4) is 11.4 Å². The van der Waals surface area contributed by atoms with E-state index in [2.05, 4.69) is 15.6 Å². The number of thioether (sulfide) groups is 1. The fourth-order valence-corrected chi connectivity index (χ4v) is 3.63. The Morgan fingerprint density at radius 1 is 1.16 bits per heavy atom. The SMILES string of the molecule is COc1cccc(-n2ccnc2SCC(=O)Nc2ccccc2C(=O)NCC(C)C)c1. The van der Waals surface area contributed by atoms with Gasteiger partial charge < -0.3 is 15.4 Å². The summed E-state index contributed by atoms with van der Waals surface area (Å²) in [7, 11) is 1.62. The number of benzene rings is 2. The Morgan fingerprint density at radius 2 is 1.97 bits per heavy atom. The van der Waals surface area contributed by atoms with Crippen LogP contribution < -0.4 is 15.4 Å². The van der Waals surface area contributed by atoms with Gasteiger partial charge in [0.05, 0.1) is 29.8 Å². The van der Waals surface area contributed by atoms with Crippen LogP contribution in [0.4, 0.5) is 5.69 Å². The first kappa shape index (κ1) is 22.4. The summed E-state index contributed by atoms with van der Waals surface area (Å²) in [4.78, 5) is 29.4. The molecular formula is C23H26N4O3S. The minimum Gasteiger partial charge on any atom is -0.497 e. The van der Waals surface area contributed by atoms with E-state index < -0.39 is 0 Å². The third kappa shape index (κ3) is 6.11. The van der Waals surface area contributed by atoms with E-state index in [-0.39, 0.29) is 17.6 Å². The van der Waals surface area contributed by atoms with Crippen molar-refractivity contribution in [2.75, 3.05) is 24.7 Å². The third-order valence-electron chi connectivity index (χ3n) is 4.39. The molecule has 1 aromatic heterocycles. The highest BCUT2D eigenvalue weighted by molar-refractivity contribution is 7.99. The molecule has 3 rings (SSSR count). The number of para-hydroxylation sites is 1. The van der Waals surface area contributed by atoms with E-state index in [1.807, 2.05) is 48.9 Å². The van der Waals surface area contributed by atoms with E-state index in [9.17, 15) is 9.59 Å². The number of ether oxygens (including phenoxy) is 1. The summed E-state index contributed by atoms with van der Waals surface area (Å²) in [6, 6.07) is 14.6. The molecule has 0 fully saturated rings. The Morgan fingerprint density at radius 3 is 2.74 bits per heavy atom. The molecule has 0 saturated carbocycles. The Kier molecular flexibility index (Phi) is 7.72. The number of aromatic nitrogens is 2. The Hall–Kier alpha value is -3.26. The molecule has 2 aromatic carbocycles. The lowest BCUT2D eigenvalue weighted by atomic mass is 10.1. The van der Waals surface area contributed by atoms with E-state index in [4.69, 9.17) is 4.74 Å². The number of methoxy groups -OCH3 is 1. The molecule has 8 heteroatoms. The van der Waals surface area contributed by atoms with Crippen LogP contribution in [0.25, 0.3) is 5.69 Å². The van der Waals surface area contributed by atoms with E-state index in [1.165, 1.54) is 11.8 Å². The van der Waals surface area contributed by atoms with Gasteiger partial charge in [0.25, 0.3) is 5.91 Å². The second-order valence-electron chi connectivity index (χ2n) is 7.27.